The van der Waals surface area contributed by atoms with Gasteiger partial charge in [-0.2, -0.15) is 0 Å². The zero-order valence-electron chi connectivity index (χ0n) is 62.6. The first-order chi connectivity index (χ1) is 46.8. The van der Waals surface area contributed by atoms with Gasteiger partial charge in [0.25, 0.3) is 11.8 Å². The molecular weight excluding hydrogens is 1300 g/mol. The van der Waals surface area contributed by atoms with E-state index in [1.54, 1.807) is 98.9 Å². The van der Waals surface area contributed by atoms with Crippen molar-refractivity contribution < 1.29 is 81.8 Å². The number of aliphatic hydroxyl groups is 1. The van der Waals surface area contributed by atoms with Gasteiger partial charge >= 0.3 is 35.8 Å². The number of rotatable bonds is 23. The zero-order valence-corrected chi connectivity index (χ0v) is 62.6. The van der Waals surface area contributed by atoms with Crippen molar-refractivity contribution in [3.63, 3.8) is 0 Å². The van der Waals surface area contributed by atoms with Crippen LogP contribution in [0.2, 0.25) is 0 Å². The highest BCUT2D eigenvalue weighted by molar-refractivity contribution is 5.92. The van der Waals surface area contributed by atoms with Crippen molar-refractivity contribution in [3.05, 3.63) is 89.5 Å². The van der Waals surface area contributed by atoms with Crippen LogP contribution in [-0.4, -0.2) is 154 Å². The molecule has 4 amide bonds. The van der Waals surface area contributed by atoms with Gasteiger partial charge in [-0.25, -0.2) is 15.8 Å². The number of hydrazine groups is 2. The van der Waals surface area contributed by atoms with Crippen LogP contribution in [0, 0.1) is 23.7 Å². The number of pyridine rings is 3. The van der Waals surface area contributed by atoms with E-state index in [0.717, 1.165) is 21.9 Å². The average Bonchev–Trinajstić information content (AvgIpc) is 0.831. The molecule has 0 aliphatic carbocycles. The van der Waals surface area contributed by atoms with Crippen molar-refractivity contribution >= 4 is 93.4 Å². The predicted octanol–water partition coefficient (Wildman–Crippen LogP) is 10.1. The minimum atomic E-state index is -1.02. The maximum absolute atomic E-state index is 13.3. The fourth-order valence-electron chi connectivity index (χ4n) is 10.4. The Balaban J connectivity index is 0.000000356. The SMILES string of the molecule is CC(C)[C@H](CC(=O)OC(C)(C)C)C(=O)N[C@@H](C)C(=O)N1CCC[C@@H](C(=O)O)N1.CC(C)[C@H](CC(=O)OC(C)(C)C)C(=O)N[C@@H](C)C(=O)N1CCC[C@@H](C(=O)O[C@H](C)c2ccc3cnc(/C=C/CC(=O)OC(C)(C)C)cc3n2)N1.C[C@@H](O)c1ccc2ccc(/C=C/CC(=O)OC(C)(C)C)cc2n1. The first kappa shape index (κ1) is 84.7. The second kappa shape index (κ2) is 37.8. The average molecular weight is 1410 g/mol. The number of carboxylic acids is 1. The second-order valence-corrected chi connectivity index (χ2v) is 30.1. The van der Waals surface area contributed by atoms with E-state index in [2.05, 4.69) is 36.4 Å². The van der Waals surface area contributed by atoms with Gasteiger partial charge in [-0.05, 0) is 190 Å². The number of aromatic nitrogens is 3. The van der Waals surface area contributed by atoms with Gasteiger partial charge in [0.2, 0.25) is 11.8 Å². The number of carbonyl (C=O) groups excluding carboxylic acids is 9. The van der Waals surface area contributed by atoms with Gasteiger partial charge in [-0.3, -0.25) is 67.9 Å². The van der Waals surface area contributed by atoms with Crippen molar-refractivity contribution in [2.24, 2.45) is 23.7 Å². The molecule has 2 saturated heterocycles. The van der Waals surface area contributed by atoms with Crippen LogP contribution in [-0.2, 0) is 71.6 Å². The molecule has 1 aromatic carbocycles. The Morgan fingerprint density at radius 1 is 0.554 bits per heavy atom. The lowest BCUT2D eigenvalue weighted by molar-refractivity contribution is -0.159. The molecule has 8 atom stereocenters. The second-order valence-electron chi connectivity index (χ2n) is 30.1. The van der Waals surface area contributed by atoms with E-state index in [1.807, 2.05) is 112 Å². The number of carboxylic acid groups (broad SMARTS) is 1. The monoisotopic (exact) mass is 1410 g/mol. The van der Waals surface area contributed by atoms with E-state index in [-0.39, 0.29) is 49.5 Å². The van der Waals surface area contributed by atoms with Crippen molar-refractivity contribution in [1.82, 2.24) is 46.5 Å². The summed E-state index contributed by atoms with van der Waals surface area (Å²) in [5.74, 6) is -6.35. The number of hydrogen-bond donors (Lipinski definition) is 6. The lowest BCUT2D eigenvalue weighted by atomic mass is 9.91. The molecule has 0 radical (unpaired) electrons. The summed E-state index contributed by atoms with van der Waals surface area (Å²) < 4.78 is 27.0. The van der Waals surface area contributed by atoms with Gasteiger partial charge in [-0.15, -0.1) is 0 Å². The van der Waals surface area contributed by atoms with Crippen molar-refractivity contribution in [3.8, 4) is 0 Å². The van der Waals surface area contributed by atoms with Gasteiger partial charge in [0.05, 0.1) is 71.7 Å². The maximum atomic E-state index is 13.3. The molecule has 0 saturated carbocycles. The highest BCUT2D eigenvalue weighted by Gasteiger charge is 2.37. The summed E-state index contributed by atoms with van der Waals surface area (Å²) in [6.07, 6.45) is 9.63. The molecule has 3 aromatic heterocycles. The molecule has 0 spiro atoms. The van der Waals surface area contributed by atoms with E-state index in [0.29, 0.717) is 61.4 Å². The van der Waals surface area contributed by atoms with Crippen LogP contribution in [0.5, 0.6) is 0 Å². The van der Waals surface area contributed by atoms with Gasteiger partial charge in [0.1, 0.15) is 52.7 Å². The zero-order chi connectivity index (χ0) is 76.1. The first-order valence-corrected chi connectivity index (χ1v) is 34.5. The molecule has 0 unspecified atom stereocenters. The Morgan fingerprint density at radius 3 is 1.44 bits per heavy atom. The Labute approximate surface area is 594 Å². The van der Waals surface area contributed by atoms with E-state index in [9.17, 15) is 53.1 Å². The fraction of sp³-hybridized carbons (Fsp3) is 0.587. The highest BCUT2D eigenvalue weighted by Crippen LogP contribution is 2.26. The number of carbonyl (C=O) groups is 10. The van der Waals surface area contributed by atoms with Crippen LogP contribution < -0.4 is 21.5 Å². The third-order valence-electron chi connectivity index (χ3n) is 15.3. The fourth-order valence-corrected chi connectivity index (χ4v) is 10.4. The number of amides is 4. The van der Waals surface area contributed by atoms with Crippen LogP contribution in [0.4, 0.5) is 0 Å². The molecule has 0 bridgehead atoms. The lowest BCUT2D eigenvalue weighted by Crippen LogP contribution is -2.59. The topological polar surface area (TPSA) is 351 Å². The molecule has 26 nitrogen and oxygen atoms in total. The van der Waals surface area contributed by atoms with Gasteiger partial charge < -0.3 is 44.5 Å². The minimum Gasteiger partial charge on any atom is -0.480 e. The summed E-state index contributed by atoms with van der Waals surface area (Å²) in [6, 6.07) is 11.7. The number of hydrogen-bond acceptors (Lipinski definition) is 21. The number of aliphatic hydroxyl groups excluding tert-OH is 1. The molecule has 556 valence electrons. The molecule has 2 aliphatic rings. The Bertz CT molecular complexity index is 3600. The highest BCUT2D eigenvalue weighted by atomic mass is 16.6. The Hall–Kier alpha value is -8.75. The summed E-state index contributed by atoms with van der Waals surface area (Å²) in [6.45, 7) is 36.1. The molecule has 26 heteroatoms. The van der Waals surface area contributed by atoms with Crippen LogP contribution in [0.3, 0.4) is 0 Å². The summed E-state index contributed by atoms with van der Waals surface area (Å²) in [7, 11) is 0. The molecular formula is C75H109N9O17. The molecule has 2 fully saturated rings. The minimum absolute atomic E-state index is 0.0786. The van der Waals surface area contributed by atoms with Crippen molar-refractivity contribution in [2.75, 3.05) is 13.1 Å². The maximum Gasteiger partial charge on any atom is 0.325 e. The van der Waals surface area contributed by atoms with Gasteiger partial charge in [-0.1, -0.05) is 64.1 Å². The third kappa shape index (κ3) is 30.2. The lowest BCUT2D eigenvalue weighted by Gasteiger charge is -2.35. The number of benzene rings is 1. The number of fused-ring (bicyclic) bond motifs is 2. The molecule has 4 aromatic rings. The molecule has 6 rings (SSSR count). The van der Waals surface area contributed by atoms with E-state index >= 15 is 0 Å². The number of nitrogens with one attached hydrogen (secondary N) is 4. The van der Waals surface area contributed by atoms with E-state index < -0.39 is 118 Å². The summed E-state index contributed by atoms with van der Waals surface area (Å²) in [4.78, 5) is 138. The van der Waals surface area contributed by atoms with E-state index in [1.165, 1.54) is 16.9 Å². The van der Waals surface area contributed by atoms with Crippen LogP contribution in [0.25, 0.3) is 34.0 Å². The third-order valence-corrected chi connectivity index (χ3v) is 15.3. The number of esters is 5. The standard InChI is InChI=1S/C37H53N5O8.C19H33N3O6.C19H23NO3/c1-22(2)27(20-32(44)50-37(8,9)10)33(45)39-23(3)34(46)42-18-12-14-29(41-42)35(47)48-24(4)28-17-16-25-21-38-26(19-30(25)40-28)13-11-15-31(43)49-36(5,6)7;1-11(2)13(10-15(23)28-19(4,5)6)16(24)20-12(3)17(25)22-9-7-8-14(21-22)18(26)27;1-13(21)16-11-10-15-9-8-14(12-17(15)20-16)6-5-7-18(22)23-19(2,3)4/h11,13,16-17,19,21-24,27,29,41H,12,14-15,18,20H2,1-10H3,(H,39,45);11-14,21H,7-10H2,1-6H3,(H,20,24)(H,26,27);5-6,8-13,21H,7H2,1-4H3/b13-11+;;6-5+/t23-,24+,27-,29-;12-,13-,14-;13-/m001/s1. The summed E-state index contributed by atoms with van der Waals surface area (Å²) >= 11 is 0. The summed E-state index contributed by atoms with van der Waals surface area (Å²) in [5, 5.41) is 28.5. The largest absolute Gasteiger partial charge is 0.480 e. The molecule has 101 heavy (non-hydrogen) atoms. The van der Waals surface area contributed by atoms with E-state index in [4.69, 9.17) is 28.8 Å². The van der Waals surface area contributed by atoms with Crippen molar-refractivity contribution in [1.29, 1.82) is 0 Å². The predicted molar refractivity (Wildman–Crippen MR) is 382 cm³/mol. The summed E-state index contributed by atoms with van der Waals surface area (Å²) in [5.41, 5.74) is 7.52. The number of ether oxygens (including phenoxy) is 5. The number of nitrogens with zero attached hydrogens (tertiary/aromatic N) is 5. The van der Waals surface area contributed by atoms with Gasteiger partial charge in [0, 0.05) is 30.1 Å². The Kier molecular flexibility index (Phi) is 31.7. The Morgan fingerprint density at radius 2 is 0.970 bits per heavy atom. The normalized spacial score (nSPS) is 17.1. The van der Waals surface area contributed by atoms with Crippen LogP contribution in [0.15, 0.2) is 66.9 Å². The molecule has 5 heterocycles. The van der Waals surface area contributed by atoms with Crippen molar-refractivity contribution in [2.45, 2.75) is 249 Å². The first-order valence-electron chi connectivity index (χ1n) is 34.5. The molecule has 6 N–H and O–H groups in total. The molecule has 2 aliphatic heterocycles. The smallest absolute Gasteiger partial charge is 0.325 e. The quantitative estimate of drug-likeness (QED) is 0.0297. The van der Waals surface area contributed by atoms with Crippen LogP contribution >= 0.6 is 0 Å². The van der Waals surface area contributed by atoms with Gasteiger partial charge in [0.15, 0.2) is 0 Å². The van der Waals surface area contributed by atoms with Crippen LogP contribution in [0.1, 0.15) is 225 Å². The number of aliphatic carboxylic acids is 1.